The van der Waals surface area contributed by atoms with Gasteiger partial charge in [-0.25, -0.2) is 0 Å². The molecule has 1 fully saturated rings. The van der Waals surface area contributed by atoms with Crippen molar-refractivity contribution in [1.82, 2.24) is 5.32 Å². The number of rotatable bonds is 6. The fourth-order valence-electron chi connectivity index (χ4n) is 3.29. The number of ether oxygens (including phenoxy) is 1. The normalized spacial score (nSPS) is 15.6. The van der Waals surface area contributed by atoms with Crippen molar-refractivity contribution in [2.75, 3.05) is 5.32 Å². The molecule has 0 bridgehead atoms. The van der Waals surface area contributed by atoms with Crippen molar-refractivity contribution in [2.45, 2.75) is 51.2 Å². The van der Waals surface area contributed by atoms with Gasteiger partial charge in [-0.15, -0.1) is 0 Å². The van der Waals surface area contributed by atoms with Crippen LogP contribution in [0.1, 0.15) is 49.4 Å². The number of anilines is 1. The molecule has 5 nitrogen and oxygen atoms in total. The predicted octanol–water partition coefficient (Wildman–Crippen LogP) is 4.16. The first-order chi connectivity index (χ1) is 13.1. The third kappa shape index (κ3) is 5.33. The van der Waals surface area contributed by atoms with Gasteiger partial charge in [-0.3, -0.25) is 9.59 Å². The average Bonchev–Trinajstić information content (AvgIpc) is 2.70. The lowest BCUT2D eigenvalue weighted by atomic mass is 9.95. The van der Waals surface area contributed by atoms with E-state index >= 15 is 0 Å². The highest BCUT2D eigenvalue weighted by Crippen LogP contribution is 2.20. The summed E-state index contributed by atoms with van der Waals surface area (Å²) in [6.45, 7) is 1.69. The molecule has 0 aliphatic heterocycles. The third-order valence-corrected chi connectivity index (χ3v) is 4.80. The number of hydrogen-bond donors (Lipinski definition) is 2. The van der Waals surface area contributed by atoms with Crippen LogP contribution in [0.3, 0.4) is 0 Å². The van der Waals surface area contributed by atoms with Crippen LogP contribution in [0, 0.1) is 0 Å². The highest BCUT2D eigenvalue weighted by molar-refractivity contribution is 6.04. The number of carbonyl (C=O) groups excluding carboxylic acids is 2. The van der Waals surface area contributed by atoms with Crippen LogP contribution in [0.2, 0.25) is 0 Å². The van der Waals surface area contributed by atoms with Crippen molar-refractivity contribution in [2.24, 2.45) is 0 Å². The van der Waals surface area contributed by atoms with E-state index in [1.54, 1.807) is 43.3 Å². The van der Waals surface area contributed by atoms with E-state index in [0.29, 0.717) is 17.0 Å². The summed E-state index contributed by atoms with van der Waals surface area (Å²) >= 11 is 0. The van der Waals surface area contributed by atoms with Crippen LogP contribution in [0.4, 0.5) is 5.69 Å². The first kappa shape index (κ1) is 19.0. The molecule has 1 atom stereocenters. The standard InChI is InChI=1S/C22H26N2O3/c1-16(27-18-12-6-3-7-13-18)21(25)24-20-15-9-8-14-19(20)22(26)23-17-10-4-2-5-11-17/h3,6-9,12-17H,2,4-5,10-11H2,1H3,(H,23,26)(H,24,25)/t16-/m0/s1. The first-order valence-electron chi connectivity index (χ1n) is 9.56. The maximum Gasteiger partial charge on any atom is 0.265 e. The average molecular weight is 366 g/mol. The van der Waals surface area contributed by atoms with Gasteiger partial charge < -0.3 is 15.4 Å². The number of carbonyl (C=O) groups is 2. The molecule has 1 saturated carbocycles. The second kappa shape index (κ2) is 9.21. The Morgan fingerprint density at radius 1 is 0.963 bits per heavy atom. The molecule has 5 heteroatoms. The Hall–Kier alpha value is -2.82. The Labute approximate surface area is 160 Å². The SMILES string of the molecule is C[C@H](Oc1ccccc1)C(=O)Nc1ccccc1C(=O)NC1CCCCC1. The number of nitrogens with one attached hydrogen (secondary N) is 2. The van der Waals surface area contributed by atoms with Crippen LogP contribution in [0.5, 0.6) is 5.75 Å². The summed E-state index contributed by atoms with van der Waals surface area (Å²) in [5, 5.41) is 5.92. The largest absolute Gasteiger partial charge is 0.481 e. The van der Waals surface area contributed by atoms with E-state index < -0.39 is 6.10 Å². The monoisotopic (exact) mass is 366 g/mol. The second-order valence-electron chi connectivity index (χ2n) is 6.92. The van der Waals surface area contributed by atoms with Crippen molar-refractivity contribution in [1.29, 1.82) is 0 Å². The number of amides is 2. The highest BCUT2D eigenvalue weighted by Gasteiger charge is 2.21. The molecule has 1 aliphatic rings. The summed E-state index contributed by atoms with van der Waals surface area (Å²) < 4.78 is 5.66. The lowest BCUT2D eigenvalue weighted by molar-refractivity contribution is -0.122. The molecule has 0 unspecified atom stereocenters. The van der Waals surface area contributed by atoms with Gasteiger partial charge >= 0.3 is 0 Å². The molecule has 0 radical (unpaired) electrons. The van der Waals surface area contributed by atoms with Crippen LogP contribution < -0.4 is 15.4 Å². The molecule has 2 amide bonds. The third-order valence-electron chi connectivity index (χ3n) is 4.80. The maximum absolute atomic E-state index is 12.7. The first-order valence-corrected chi connectivity index (χ1v) is 9.56. The zero-order valence-electron chi connectivity index (χ0n) is 15.6. The molecule has 0 spiro atoms. The number of benzene rings is 2. The topological polar surface area (TPSA) is 67.4 Å². The van der Waals surface area contributed by atoms with Crippen LogP contribution in [-0.2, 0) is 4.79 Å². The van der Waals surface area contributed by atoms with Gasteiger partial charge in [-0.1, -0.05) is 49.6 Å². The Balaban J connectivity index is 1.64. The van der Waals surface area contributed by atoms with E-state index in [1.165, 1.54) is 6.42 Å². The second-order valence-corrected chi connectivity index (χ2v) is 6.92. The zero-order chi connectivity index (χ0) is 19.1. The van der Waals surface area contributed by atoms with Gasteiger partial charge in [-0.2, -0.15) is 0 Å². The van der Waals surface area contributed by atoms with E-state index in [2.05, 4.69) is 10.6 Å². The maximum atomic E-state index is 12.7. The van der Waals surface area contributed by atoms with Gasteiger partial charge in [0, 0.05) is 6.04 Å². The molecular formula is C22H26N2O3. The minimum atomic E-state index is -0.679. The molecular weight excluding hydrogens is 340 g/mol. The zero-order valence-corrected chi connectivity index (χ0v) is 15.6. The molecule has 142 valence electrons. The Morgan fingerprint density at radius 2 is 1.63 bits per heavy atom. The summed E-state index contributed by atoms with van der Waals surface area (Å²) in [5.74, 6) is 0.190. The van der Waals surface area contributed by atoms with Crippen molar-refractivity contribution < 1.29 is 14.3 Å². The van der Waals surface area contributed by atoms with Gasteiger partial charge in [0.25, 0.3) is 11.8 Å². The minimum Gasteiger partial charge on any atom is -0.481 e. The van der Waals surface area contributed by atoms with Gasteiger partial charge in [-0.05, 0) is 44.0 Å². The molecule has 2 aromatic carbocycles. The summed E-state index contributed by atoms with van der Waals surface area (Å²) in [6, 6.07) is 16.5. The fourth-order valence-corrected chi connectivity index (χ4v) is 3.29. The minimum absolute atomic E-state index is 0.144. The van der Waals surface area contributed by atoms with Crippen LogP contribution >= 0.6 is 0 Å². The summed E-state index contributed by atoms with van der Waals surface area (Å²) in [4.78, 5) is 25.2. The number of para-hydroxylation sites is 2. The molecule has 27 heavy (non-hydrogen) atoms. The molecule has 0 aromatic heterocycles. The highest BCUT2D eigenvalue weighted by atomic mass is 16.5. The van der Waals surface area contributed by atoms with E-state index in [9.17, 15) is 9.59 Å². The predicted molar refractivity (Wildman–Crippen MR) is 106 cm³/mol. The lowest BCUT2D eigenvalue weighted by Gasteiger charge is -2.23. The molecule has 0 saturated heterocycles. The van der Waals surface area contributed by atoms with Crippen LogP contribution in [0.25, 0.3) is 0 Å². The van der Waals surface area contributed by atoms with Crippen molar-refractivity contribution in [3.63, 3.8) is 0 Å². The van der Waals surface area contributed by atoms with E-state index in [-0.39, 0.29) is 17.9 Å². The van der Waals surface area contributed by atoms with Crippen LogP contribution in [-0.4, -0.2) is 24.0 Å². The fraction of sp³-hybridized carbons (Fsp3) is 0.364. The smallest absolute Gasteiger partial charge is 0.265 e. The summed E-state index contributed by atoms with van der Waals surface area (Å²) in [5.41, 5.74) is 0.975. The van der Waals surface area contributed by atoms with Gasteiger partial charge in [0.1, 0.15) is 5.75 Å². The van der Waals surface area contributed by atoms with Gasteiger partial charge in [0.2, 0.25) is 0 Å². The molecule has 1 aliphatic carbocycles. The van der Waals surface area contributed by atoms with Crippen molar-refractivity contribution in [3.05, 3.63) is 60.2 Å². The Bertz CT molecular complexity index is 770. The Morgan fingerprint density at radius 3 is 2.37 bits per heavy atom. The number of hydrogen-bond acceptors (Lipinski definition) is 3. The summed E-state index contributed by atoms with van der Waals surface area (Å²) in [7, 11) is 0. The molecule has 0 heterocycles. The van der Waals surface area contributed by atoms with E-state index in [0.717, 1.165) is 25.7 Å². The van der Waals surface area contributed by atoms with Crippen molar-refractivity contribution in [3.8, 4) is 5.75 Å². The summed E-state index contributed by atoms with van der Waals surface area (Å²) in [6.07, 6.45) is 4.89. The van der Waals surface area contributed by atoms with Crippen LogP contribution in [0.15, 0.2) is 54.6 Å². The molecule has 2 N–H and O–H groups in total. The van der Waals surface area contributed by atoms with E-state index in [4.69, 9.17) is 4.74 Å². The van der Waals surface area contributed by atoms with Gasteiger partial charge in [0.15, 0.2) is 6.10 Å². The van der Waals surface area contributed by atoms with Crippen molar-refractivity contribution >= 4 is 17.5 Å². The Kier molecular flexibility index (Phi) is 6.47. The lowest BCUT2D eigenvalue weighted by Crippen LogP contribution is -2.37. The molecule has 2 aromatic rings. The molecule has 3 rings (SSSR count). The quantitative estimate of drug-likeness (QED) is 0.807. The van der Waals surface area contributed by atoms with Gasteiger partial charge in [0.05, 0.1) is 11.3 Å². The van der Waals surface area contributed by atoms with E-state index in [1.807, 2.05) is 18.2 Å².